The molecule has 0 saturated heterocycles. The third-order valence-electron chi connectivity index (χ3n) is 4.26. The van der Waals surface area contributed by atoms with Crippen molar-refractivity contribution in [2.75, 3.05) is 13.2 Å². The van der Waals surface area contributed by atoms with Gasteiger partial charge in [-0.25, -0.2) is 9.78 Å². The second-order valence-corrected chi connectivity index (χ2v) is 7.65. The van der Waals surface area contributed by atoms with Crippen molar-refractivity contribution in [3.8, 4) is 22.1 Å². The molecule has 0 unspecified atom stereocenters. The Morgan fingerprint density at radius 2 is 1.75 bits per heavy atom. The van der Waals surface area contributed by atoms with Crippen LogP contribution in [0.3, 0.4) is 0 Å². The largest absolute Gasteiger partial charge is 0.490 e. The molecule has 1 aromatic heterocycles. The number of carbonyl (C=O) groups is 1. The van der Waals surface area contributed by atoms with Crippen LogP contribution in [0.2, 0.25) is 0 Å². The molecule has 0 bridgehead atoms. The molecule has 0 fully saturated rings. The number of hydrogen-bond acceptors (Lipinski definition) is 5. The molecule has 0 saturated carbocycles. The van der Waals surface area contributed by atoms with Crippen LogP contribution in [0, 0.1) is 6.92 Å². The van der Waals surface area contributed by atoms with Crippen molar-refractivity contribution in [1.82, 2.24) is 4.98 Å². The SMILES string of the molecule is Cc1nc(-c2ccccc2OCCOc2ccc(C(C)C)cc2)sc1C(=O)O. The van der Waals surface area contributed by atoms with Crippen molar-refractivity contribution in [1.29, 1.82) is 0 Å². The standard InChI is InChI=1S/C22H23NO4S/c1-14(2)16-8-10-17(11-9-16)26-12-13-27-19-7-5-4-6-18(19)21-23-15(3)20(28-21)22(24)25/h4-11,14H,12-13H2,1-3H3,(H,24,25). The minimum absolute atomic E-state index is 0.248. The van der Waals surface area contributed by atoms with E-state index < -0.39 is 5.97 Å². The quantitative estimate of drug-likeness (QED) is 0.516. The van der Waals surface area contributed by atoms with Gasteiger partial charge in [0, 0.05) is 0 Å². The lowest BCUT2D eigenvalue weighted by Gasteiger charge is -2.12. The summed E-state index contributed by atoms with van der Waals surface area (Å²) in [4.78, 5) is 15.9. The minimum atomic E-state index is -0.962. The lowest BCUT2D eigenvalue weighted by molar-refractivity contribution is 0.0701. The minimum Gasteiger partial charge on any atom is -0.490 e. The van der Waals surface area contributed by atoms with Crippen molar-refractivity contribution in [2.45, 2.75) is 26.7 Å². The lowest BCUT2D eigenvalue weighted by Crippen LogP contribution is -2.09. The first-order chi connectivity index (χ1) is 13.5. The number of aromatic nitrogens is 1. The van der Waals surface area contributed by atoms with E-state index >= 15 is 0 Å². The molecular formula is C22H23NO4S. The fraction of sp³-hybridized carbons (Fsp3) is 0.273. The lowest BCUT2D eigenvalue weighted by atomic mass is 10.0. The summed E-state index contributed by atoms with van der Waals surface area (Å²) in [6.07, 6.45) is 0. The maximum Gasteiger partial charge on any atom is 0.347 e. The number of carboxylic acids is 1. The van der Waals surface area contributed by atoms with Gasteiger partial charge in [0.1, 0.15) is 34.6 Å². The summed E-state index contributed by atoms with van der Waals surface area (Å²) in [6.45, 7) is 6.80. The van der Waals surface area contributed by atoms with Crippen molar-refractivity contribution in [3.05, 3.63) is 64.7 Å². The molecule has 146 valence electrons. The van der Waals surface area contributed by atoms with E-state index in [9.17, 15) is 9.90 Å². The van der Waals surface area contributed by atoms with Crippen LogP contribution in [0.15, 0.2) is 48.5 Å². The highest BCUT2D eigenvalue weighted by Crippen LogP contribution is 2.34. The number of thiazole rings is 1. The summed E-state index contributed by atoms with van der Waals surface area (Å²) >= 11 is 1.15. The summed E-state index contributed by atoms with van der Waals surface area (Å²) < 4.78 is 11.6. The zero-order valence-electron chi connectivity index (χ0n) is 16.1. The highest BCUT2D eigenvalue weighted by Gasteiger charge is 2.17. The molecule has 0 aliphatic carbocycles. The van der Waals surface area contributed by atoms with Crippen LogP contribution in [0.1, 0.15) is 40.7 Å². The summed E-state index contributed by atoms with van der Waals surface area (Å²) in [5.74, 6) is 0.997. The fourth-order valence-corrected chi connectivity index (χ4v) is 3.67. The molecule has 1 N–H and O–H groups in total. The van der Waals surface area contributed by atoms with E-state index in [0.29, 0.717) is 35.6 Å². The Kier molecular flexibility index (Phi) is 6.31. The van der Waals surface area contributed by atoms with Gasteiger partial charge in [0.15, 0.2) is 0 Å². The van der Waals surface area contributed by atoms with Crippen molar-refractivity contribution < 1.29 is 19.4 Å². The molecule has 3 rings (SSSR count). The van der Waals surface area contributed by atoms with Gasteiger partial charge >= 0.3 is 5.97 Å². The number of para-hydroxylation sites is 1. The molecule has 3 aromatic rings. The van der Waals surface area contributed by atoms with E-state index in [-0.39, 0.29) is 4.88 Å². The Balaban J connectivity index is 1.62. The number of benzene rings is 2. The molecule has 0 atom stereocenters. The fourth-order valence-electron chi connectivity index (χ4n) is 2.74. The van der Waals surface area contributed by atoms with Crippen molar-refractivity contribution in [3.63, 3.8) is 0 Å². The van der Waals surface area contributed by atoms with Crippen LogP contribution in [0.5, 0.6) is 11.5 Å². The molecule has 0 aliphatic heterocycles. The third-order valence-corrected chi connectivity index (χ3v) is 5.44. The van der Waals surface area contributed by atoms with Crippen LogP contribution in [0.25, 0.3) is 10.6 Å². The highest BCUT2D eigenvalue weighted by atomic mass is 32.1. The molecule has 28 heavy (non-hydrogen) atoms. The van der Waals surface area contributed by atoms with Crippen LogP contribution in [-0.2, 0) is 0 Å². The number of ether oxygens (including phenoxy) is 2. The number of aryl methyl sites for hydroxylation is 1. The predicted octanol–water partition coefficient (Wildman–Crippen LogP) is 5.40. The molecule has 0 spiro atoms. The summed E-state index contributed by atoms with van der Waals surface area (Å²) in [5.41, 5.74) is 2.57. The maximum atomic E-state index is 11.3. The monoisotopic (exact) mass is 397 g/mol. The van der Waals surface area contributed by atoms with E-state index in [1.807, 2.05) is 36.4 Å². The van der Waals surface area contributed by atoms with Gasteiger partial charge in [-0.3, -0.25) is 0 Å². The van der Waals surface area contributed by atoms with E-state index in [1.165, 1.54) is 5.56 Å². The zero-order valence-corrected chi connectivity index (χ0v) is 17.0. The van der Waals surface area contributed by atoms with Gasteiger partial charge < -0.3 is 14.6 Å². The summed E-state index contributed by atoms with van der Waals surface area (Å²) in [5, 5.41) is 9.88. The Hall–Kier alpha value is -2.86. The van der Waals surface area contributed by atoms with Gasteiger partial charge in [-0.1, -0.05) is 38.1 Å². The first kappa shape index (κ1) is 19.9. The predicted molar refractivity (Wildman–Crippen MR) is 111 cm³/mol. The topological polar surface area (TPSA) is 68.7 Å². The first-order valence-electron chi connectivity index (χ1n) is 9.11. The second kappa shape index (κ2) is 8.89. The van der Waals surface area contributed by atoms with E-state index in [1.54, 1.807) is 6.92 Å². The molecule has 0 radical (unpaired) electrons. The first-order valence-corrected chi connectivity index (χ1v) is 9.93. The number of hydrogen-bond donors (Lipinski definition) is 1. The van der Waals surface area contributed by atoms with E-state index in [2.05, 4.69) is 31.0 Å². The number of aromatic carboxylic acids is 1. The average Bonchev–Trinajstić information content (AvgIpc) is 3.08. The maximum absolute atomic E-state index is 11.3. The van der Waals surface area contributed by atoms with Crippen LogP contribution < -0.4 is 9.47 Å². The van der Waals surface area contributed by atoms with Crippen molar-refractivity contribution >= 4 is 17.3 Å². The van der Waals surface area contributed by atoms with Gasteiger partial charge in [-0.05, 0) is 42.7 Å². The molecule has 6 heteroatoms. The number of nitrogens with zero attached hydrogens (tertiary/aromatic N) is 1. The Morgan fingerprint density at radius 3 is 2.39 bits per heavy atom. The van der Waals surface area contributed by atoms with Crippen molar-refractivity contribution in [2.24, 2.45) is 0 Å². The van der Waals surface area contributed by atoms with E-state index in [4.69, 9.17) is 9.47 Å². The molecule has 0 aliphatic rings. The second-order valence-electron chi connectivity index (χ2n) is 6.66. The molecule has 2 aromatic carbocycles. The number of rotatable bonds is 8. The third kappa shape index (κ3) is 4.70. The Labute approximate surface area is 168 Å². The molecular weight excluding hydrogens is 374 g/mol. The molecule has 5 nitrogen and oxygen atoms in total. The average molecular weight is 397 g/mol. The molecule has 1 heterocycles. The summed E-state index contributed by atoms with van der Waals surface area (Å²) in [7, 11) is 0. The number of carboxylic acid groups (broad SMARTS) is 1. The Bertz CT molecular complexity index is 947. The van der Waals surface area contributed by atoms with Gasteiger partial charge in [0.05, 0.1) is 11.3 Å². The van der Waals surface area contributed by atoms with E-state index in [0.717, 1.165) is 22.6 Å². The van der Waals surface area contributed by atoms with Gasteiger partial charge in [-0.2, -0.15) is 0 Å². The Morgan fingerprint density at radius 1 is 1.07 bits per heavy atom. The van der Waals surface area contributed by atoms with Gasteiger partial charge in [0.25, 0.3) is 0 Å². The van der Waals surface area contributed by atoms with Gasteiger partial charge in [0.2, 0.25) is 0 Å². The molecule has 0 amide bonds. The summed E-state index contributed by atoms with van der Waals surface area (Å²) in [6, 6.07) is 15.6. The highest BCUT2D eigenvalue weighted by molar-refractivity contribution is 7.17. The van der Waals surface area contributed by atoms with Crippen LogP contribution in [-0.4, -0.2) is 29.3 Å². The van der Waals surface area contributed by atoms with Crippen LogP contribution >= 0.6 is 11.3 Å². The normalized spacial score (nSPS) is 10.9. The van der Waals surface area contributed by atoms with Gasteiger partial charge in [-0.15, -0.1) is 11.3 Å². The smallest absolute Gasteiger partial charge is 0.347 e. The zero-order chi connectivity index (χ0) is 20.1. The van der Waals surface area contributed by atoms with Crippen LogP contribution in [0.4, 0.5) is 0 Å².